The predicted octanol–water partition coefficient (Wildman–Crippen LogP) is 3.49. The van der Waals surface area contributed by atoms with Crippen molar-refractivity contribution >= 4 is 14.5 Å². The molecular weight excluding hydrogens is 190 g/mol. The lowest BCUT2D eigenvalue weighted by atomic mass is 10.5. The van der Waals surface area contributed by atoms with E-state index in [2.05, 4.69) is 25.8 Å². The Labute approximate surface area is 89.9 Å². The van der Waals surface area contributed by atoms with Crippen molar-refractivity contribution in [3.8, 4) is 0 Å². The van der Waals surface area contributed by atoms with Crippen molar-refractivity contribution in [2.24, 2.45) is 4.99 Å². The van der Waals surface area contributed by atoms with Crippen LogP contribution < -0.4 is 0 Å². The Morgan fingerprint density at radius 1 is 1.21 bits per heavy atom. The zero-order chi connectivity index (χ0) is 10.9. The van der Waals surface area contributed by atoms with E-state index in [1.807, 2.05) is 13.1 Å². The summed E-state index contributed by atoms with van der Waals surface area (Å²) in [5, 5.41) is 0. The lowest BCUT2D eigenvalue weighted by Gasteiger charge is -2.28. The Balaban J connectivity index is 3.93. The second-order valence-electron chi connectivity index (χ2n) is 3.59. The summed E-state index contributed by atoms with van der Waals surface area (Å²) in [6.07, 6.45) is 3.08. The fraction of sp³-hybridized carbons (Fsp3) is 0.909. The van der Waals surface area contributed by atoms with E-state index < -0.39 is 8.32 Å². The van der Waals surface area contributed by atoms with Gasteiger partial charge in [0.25, 0.3) is 0 Å². The monoisotopic (exact) mass is 215 g/mol. The summed E-state index contributed by atoms with van der Waals surface area (Å²) in [6, 6.07) is 3.76. The first-order valence-electron chi connectivity index (χ1n) is 5.83. The van der Waals surface area contributed by atoms with Crippen LogP contribution in [0.1, 0.15) is 34.1 Å². The first-order chi connectivity index (χ1) is 6.74. The van der Waals surface area contributed by atoms with Crippen molar-refractivity contribution in [2.75, 3.05) is 13.2 Å². The number of rotatable bonds is 8. The third kappa shape index (κ3) is 4.91. The van der Waals surface area contributed by atoms with Crippen LogP contribution in [0, 0.1) is 0 Å². The van der Waals surface area contributed by atoms with Gasteiger partial charge >= 0.3 is 0 Å². The molecule has 0 aliphatic heterocycles. The molecule has 0 aromatic heterocycles. The highest BCUT2D eigenvalue weighted by Gasteiger charge is 2.29. The van der Waals surface area contributed by atoms with Gasteiger partial charge in [0.05, 0.1) is 0 Å². The molecule has 0 aliphatic rings. The molecule has 2 nitrogen and oxygen atoms in total. The van der Waals surface area contributed by atoms with Crippen molar-refractivity contribution < 1.29 is 4.43 Å². The van der Waals surface area contributed by atoms with Gasteiger partial charge in [0.1, 0.15) is 0 Å². The highest BCUT2D eigenvalue weighted by molar-refractivity contribution is 6.73. The van der Waals surface area contributed by atoms with Gasteiger partial charge in [-0.15, -0.1) is 0 Å². The van der Waals surface area contributed by atoms with Gasteiger partial charge in [0.2, 0.25) is 0 Å². The molecule has 0 unspecified atom stereocenters. The largest absolute Gasteiger partial charge is 0.417 e. The molecule has 0 aromatic carbocycles. The van der Waals surface area contributed by atoms with E-state index in [0.717, 1.165) is 13.2 Å². The van der Waals surface area contributed by atoms with Gasteiger partial charge < -0.3 is 4.43 Å². The minimum absolute atomic E-state index is 0.880. The van der Waals surface area contributed by atoms with Gasteiger partial charge in [-0.05, 0) is 44.6 Å². The molecule has 0 atom stereocenters. The zero-order valence-electron chi connectivity index (χ0n) is 10.2. The number of nitrogens with zero attached hydrogens (tertiary/aromatic N) is 1. The first-order valence-corrected chi connectivity index (χ1v) is 8.36. The van der Waals surface area contributed by atoms with Gasteiger partial charge in [-0.1, -0.05) is 13.8 Å². The highest BCUT2D eigenvalue weighted by Crippen LogP contribution is 2.23. The molecular formula is C11H25NOSi. The van der Waals surface area contributed by atoms with Gasteiger partial charge in [0.15, 0.2) is 8.32 Å². The predicted molar refractivity (Wildman–Crippen MR) is 66.8 cm³/mol. The van der Waals surface area contributed by atoms with Gasteiger partial charge in [-0.3, -0.25) is 4.99 Å². The van der Waals surface area contributed by atoms with Crippen molar-refractivity contribution in [1.82, 2.24) is 0 Å². The van der Waals surface area contributed by atoms with E-state index >= 15 is 0 Å². The topological polar surface area (TPSA) is 21.6 Å². The average Bonchev–Trinajstić information content (AvgIpc) is 2.23. The van der Waals surface area contributed by atoms with Crippen molar-refractivity contribution in [3.05, 3.63) is 0 Å². The Morgan fingerprint density at radius 3 is 2.29 bits per heavy atom. The van der Waals surface area contributed by atoms with E-state index in [1.165, 1.54) is 24.6 Å². The number of hydrogen-bond acceptors (Lipinski definition) is 2. The second-order valence-corrected chi connectivity index (χ2v) is 8.16. The standard InChI is InChI=1S/C11H25NOSi/c1-5-12-10-9-11-14(7-3,8-4)13-6-2/h5H,6-11H2,1-4H3. The Kier molecular flexibility index (Phi) is 8.09. The quantitative estimate of drug-likeness (QED) is 0.345. The zero-order valence-corrected chi connectivity index (χ0v) is 11.2. The molecule has 0 fully saturated rings. The lowest BCUT2D eigenvalue weighted by Crippen LogP contribution is -2.36. The van der Waals surface area contributed by atoms with Crippen molar-refractivity contribution in [2.45, 2.75) is 52.2 Å². The molecule has 0 radical (unpaired) electrons. The molecule has 84 valence electrons. The smallest absolute Gasteiger partial charge is 0.192 e. The summed E-state index contributed by atoms with van der Waals surface area (Å²) in [5.74, 6) is 0. The molecule has 14 heavy (non-hydrogen) atoms. The van der Waals surface area contributed by atoms with Crippen molar-refractivity contribution in [3.63, 3.8) is 0 Å². The summed E-state index contributed by atoms with van der Waals surface area (Å²) in [5.41, 5.74) is 0. The molecule has 0 saturated carbocycles. The second kappa shape index (κ2) is 8.18. The van der Waals surface area contributed by atoms with Gasteiger partial charge in [0, 0.05) is 13.2 Å². The van der Waals surface area contributed by atoms with Crippen LogP contribution in [0.4, 0.5) is 0 Å². The highest BCUT2D eigenvalue weighted by atomic mass is 28.4. The molecule has 0 bridgehead atoms. The van der Waals surface area contributed by atoms with Crippen LogP contribution >= 0.6 is 0 Å². The van der Waals surface area contributed by atoms with Crippen LogP contribution in [0.3, 0.4) is 0 Å². The third-order valence-electron chi connectivity index (χ3n) is 2.84. The fourth-order valence-electron chi connectivity index (χ4n) is 1.81. The lowest BCUT2D eigenvalue weighted by molar-refractivity contribution is 0.319. The summed E-state index contributed by atoms with van der Waals surface area (Å²) < 4.78 is 6.00. The average molecular weight is 215 g/mol. The maximum absolute atomic E-state index is 6.00. The minimum atomic E-state index is -1.37. The Morgan fingerprint density at radius 2 is 1.86 bits per heavy atom. The SMILES string of the molecule is CC=NCCC[Si](CC)(CC)OCC. The van der Waals surface area contributed by atoms with E-state index in [1.54, 1.807) is 0 Å². The molecule has 0 N–H and O–H groups in total. The molecule has 0 aromatic rings. The Bertz CT molecular complexity index is 155. The minimum Gasteiger partial charge on any atom is -0.417 e. The third-order valence-corrected chi connectivity index (χ3v) is 7.58. The molecule has 3 heteroatoms. The summed E-state index contributed by atoms with van der Waals surface area (Å²) in [7, 11) is -1.37. The maximum Gasteiger partial charge on any atom is 0.192 e. The van der Waals surface area contributed by atoms with Crippen LogP contribution in [-0.4, -0.2) is 27.7 Å². The summed E-state index contributed by atoms with van der Waals surface area (Å²) in [4.78, 5) is 4.25. The number of hydrogen-bond donors (Lipinski definition) is 0. The molecule has 0 rings (SSSR count). The van der Waals surface area contributed by atoms with Crippen LogP contribution in [0.15, 0.2) is 4.99 Å². The first kappa shape index (κ1) is 13.8. The Hall–Kier alpha value is -0.153. The van der Waals surface area contributed by atoms with Gasteiger partial charge in [-0.25, -0.2) is 0 Å². The van der Waals surface area contributed by atoms with Crippen LogP contribution in [-0.2, 0) is 4.43 Å². The molecule has 0 heterocycles. The molecule has 0 amide bonds. The van der Waals surface area contributed by atoms with Gasteiger partial charge in [-0.2, -0.15) is 0 Å². The molecule has 0 saturated heterocycles. The molecule has 0 aliphatic carbocycles. The van der Waals surface area contributed by atoms with E-state index in [0.29, 0.717) is 0 Å². The van der Waals surface area contributed by atoms with Crippen LogP contribution in [0.5, 0.6) is 0 Å². The molecule has 0 spiro atoms. The van der Waals surface area contributed by atoms with Crippen molar-refractivity contribution in [1.29, 1.82) is 0 Å². The summed E-state index contributed by atoms with van der Waals surface area (Å²) in [6.45, 7) is 10.5. The summed E-state index contributed by atoms with van der Waals surface area (Å²) >= 11 is 0. The van der Waals surface area contributed by atoms with E-state index in [9.17, 15) is 0 Å². The number of aliphatic imine (C=N–C) groups is 1. The van der Waals surface area contributed by atoms with Crippen LogP contribution in [0.25, 0.3) is 0 Å². The maximum atomic E-state index is 6.00. The van der Waals surface area contributed by atoms with Crippen LogP contribution in [0.2, 0.25) is 18.1 Å². The normalized spacial score (nSPS) is 12.6. The van der Waals surface area contributed by atoms with E-state index in [4.69, 9.17) is 4.43 Å². The fourth-order valence-corrected chi connectivity index (χ4v) is 4.98. The van der Waals surface area contributed by atoms with E-state index in [-0.39, 0.29) is 0 Å².